The molecule has 0 bridgehead atoms. The smallest absolute Gasteiger partial charge is 0.296 e. The molecular weight excluding hydrogens is 513 g/mol. The highest BCUT2D eigenvalue weighted by molar-refractivity contribution is 7.91. The second-order valence-corrected chi connectivity index (χ2v) is 10.2. The van der Waals surface area contributed by atoms with E-state index in [1.165, 1.54) is 55.3 Å². The van der Waals surface area contributed by atoms with Crippen molar-refractivity contribution in [3.05, 3.63) is 82.9 Å². The molecular formula is C27H26FN3O6S. The van der Waals surface area contributed by atoms with E-state index in [0.717, 1.165) is 12.6 Å². The van der Waals surface area contributed by atoms with Crippen LogP contribution >= 0.6 is 0 Å². The first-order valence-electron chi connectivity index (χ1n) is 11.8. The van der Waals surface area contributed by atoms with Gasteiger partial charge in [0.25, 0.3) is 5.56 Å². The van der Waals surface area contributed by atoms with Crippen molar-refractivity contribution in [1.82, 2.24) is 14.5 Å². The molecule has 0 amide bonds. The molecule has 0 aliphatic rings. The number of unbranched alkanes of at least 4 members (excludes halogenated alkanes) is 1. The van der Waals surface area contributed by atoms with Crippen LogP contribution in [0.5, 0.6) is 17.4 Å². The molecule has 11 heteroatoms. The van der Waals surface area contributed by atoms with E-state index in [9.17, 15) is 22.7 Å². The van der Waals surface area contributed by atoms with E-state index in [2.05, 4.69) is 9.97 Å². The summed E-state index contributed by atoms with van der Waals surface area (Å²) in [7, 11) is -1.71. The van der Waals surface area contributed by atoms with Gasteiger partial charge in [0, 0.05) is 18.2 Å². The second kappa shape index (κ2) is 11.0. The molecule has 4 aromatic rings. The number of para-hydroxylation sites is 1. The summed E-state index contributed by atoms with van der Waals surface area (Å²) >= 11 is 0. The quantitative estimate of drug-likeness (QED) is 0.334. The van der Waals surface area contributed by atoms with Gasteiger partial charge in [-0.15, -0.1) is 0 Å². The zero-order valence-corrected chi connectivity index (χ0v) is 21.8. The fourth-order valence-electron chi connectivity index (χ4n) is 4.10. The molecule has 9 nitrogen and oxygen atoms in total. The Bertz CT molecular complexity index is 1610. The molecule has 4 rings (SSSR count). The third-order valence-corrected chi connectivity index (χ3v) is 7.78. The maximum Gasteiger partial charge on any atom is 0.296 e. The number of aromatic hydroxyl groups is 1. The summed E-state index contributed by atoms with van der Waals surface area (Å²) in [5, 5.41) is 11.4. The van der Waals surface area contributed by atoms with Crippen LogP contribution in [0.2, 0.25) is 0 Å². The van der Waals surface area contributed by atoms with E-state index >= 15 is 0 Å². The summed E-state index contributed by atoms with van der Waals surface area (Å²) in [6.45, 7) is 1.95. The summed E-state index contributed by atoms with van der Waals surface area (Å²) in [5.74, 6) is -0.686. The minimum atomic E-state index is -4.55. The van der Waals surface area contributed by atoms with Crippen LogP contribution in [0.15, 0.2) is 75.5 Å². The Morgan fingerprint density at radius 3 is 2.26 bits per heavy atom. The molecule has 198 valence electrons. The van der Waals surface area contributed by atoms with E-state index in [4.69, 9.17) is 9.47 Å². The third-order valence-electron chi connectivity index (χ3n) is 5.99. The fraction of sp³-hybridized carbons (Fsp3) is 0.222. The molecule has 0 aliphatic carbocycles. The number of rotatable bonds is 9. The molecule has 0 aliphatic heterocycles. The van der Waals surface area contributed by atoms with Gasteiger partial charge < -0.3 is 14.6 Å². The van der Waals surface area contributed by atoms with Crippen molar-refractivity contribution in [2.75, 3.05) is 14.2 Å². The predicted molar refractivity (Wildman–Crippen MR) is 138 cm³/mol. The van der Waals surface area contributed by atoms with Gasteiger partial charge in [-0.2, -0.15) is 4.98 Å². The summed E-state index contributed by atoms with van der Waals surface area (Å²) in [4.78, 5) is 19.7. The van der Waals surface area contributed by atoms with Crippen LogP contribution in [0.4, 0.5) is 4.39 Å². The maximum atomic E-state index is 14.1. The lowest BCUT2D eigenvalue weighted by Gasteiger charge is -2.21. The largest absolute Gasteiger partial charge is 0.494 e. The average Bonchev–Trinajstić information content (AvgIpc) is 2.91. The highest BCUT2D eigenvalue weighted by Crippen LogP contribution is 2.38. The van der Waals surface area contributed by atoms with Gasteiger partial charge in [0.2, 0.25) is 15.7 Å². The Balaban J connectivity index is 1.93. The fourth-order valence-corrected chi connectivity index (χ4v) is 5.44. The third kappa shape index (κ3) is 4.84. The summed E-state index contributed by atoms with van der Waals surface area (Å²) < 4.78 is 53.5. The molecule has 1 N–H and O–H groups in total. The van der Waals surface area contributed by atoms with Gasteiger partial charge in [-0.25, -0.2) is 12.8 Å². The van der Waals surface area contributed by atoms with Crippen LogP contribution in [0, 0.1) is 5.82 Å². The van der Waals surface area contributed by atoms with Crippen LogP contribution in [-0.4, -0.2) is 42.3 Å². The number of aromatic nitrogens is 3. The molecule has 0 spiro atoms. The average molecular weight is 540 g/mol. The number of benzene rings is 2. The lowest BCUT2D eigenvalue weighted by atomic mass is 10.1. The highest BCUT2D eigenvalue weighted by atomic mass is 32.2. The number of aryl methyl sites for hydroxylation is 1. The van der Waals surface area contributed by atoms with E-state index in [0.29, 0.717) is 12.0 Å². The Labute approximate surface area is 219 Å². The van der Waals surface area contributed by atoms with Gasteiger partial charge in [-0.3, -0.25) is 14.3 Å². The molecule has 2 aromatic carbocycles. The minimum Gasteiger partial charge on any atom is -0.494 e. The van der Waals surface area contributed by atoms with Crippen molar-refractivity contribution < 1.29 is 27.4 Å². The van der Waals surface area contributed by atoms with E-state index < -0.39 is 32.0 Å². The maximum absolute atomic E-state index is 14.1. The molecule has 0 atom stereocenters. The van der Waals surface area contributed by atoms with Gasteiger partial charge in [0.1, 0.15) is 28.8 Å². The SMILES string of the molecule is CCCCc1nc(=O)c(S(=O)(=O)c2ccc(-c3ccncc3F)cc2)c(O)n1-c1c(OC)cccc1OC. The van der Waals surface area contributed by atoms with Gasteiger partial charge in [-0.1, -0.05) is 31.5 Å². The number of hydrogen-bond donors (Lipinski definition) is 1. The molecule has 0 saturated carbocycles. The van der Waals surface area contributed by atoms with Crippen LogP contribution < -0.4 is 15.0 Å². The van der Waals surface area contributed by atoms with E-state index in [-0.39, 0.29) is 39.9 Å². The number of hydrogen-bond acceptors (Lipinski definition) is 8. The Hall–Kier alpha value is -4.25. The van der Waals surface area contributed by atoms with Crippen molar-refractivity contribution in [3.63, 3.8) is 0 Å². The van der Waals surface area contributed by atoms with Crippen LogP contribution in [0.1, 0.15) is 25.6 Å². The Kier molecular flexibility index (Phi) is 7.77. The molecule has 0 unspecified atom stereocenters. The van der Waals surface area contributed by atoms with Crippen LogP contribution in [-0.2, 0) is 16.3 Å². The van der Waals surface area contributed by atoms with Crippen molar-refractivity contribution in [2.24, 2.45) is 0 Å². The summed E-state index contributed by atoms with van der Waals surface area (Å²) in [6, 6.07) is 11.7. The Morgan fingerprint density at radius 1 is 1.03 bits per heavy atom. The molecule has 2 heterocycles. The first kappa shape index (κ1) is 26.8. The minimum absolute atomic E-state index is 0.152. The van der Waals surface area contributed by atoms with Crippen LogP contribution in [0.3, 0.4) is 0 Å². The Morgan fingerprint density at radius 2 is 1.68 bits per heavy atom. The number of halogens is 1. The molecule has 2 aromatic heterocycles. The van der Waals surface area contributed by atoms with Gasteiger partial charge >= 0.3 is 0 Å². The standard InChI is InChI=1S/C27H26FN3O6S/c1-4-5-9-23-30-26(32)25(27(33)31(23)24-21(36-2)7-6-8-22(24)37-3)38(34,35)18-12-10-17(11-13-18)19-14-15-29-16-20(19)28/h6-8,10-16,33H,4-5,9H2,1-3H3. The molecule has 0 radical (unpaired) electrons. The number of sulfone groups is 1. The van der Waals surface area contributed by atoms with Gasteiger partial charge in [-0.05, 0) is 42.3 Å². The summed E-state index contributed by atoms with van der Waals surface area (Å²) in [5.41, 5.74) is -0.242. The zero-order chi connectivity index (χ0) is 27.4. The van der Waals surface area contributed by atoms with E-state index in [1.807, 2.05) is 6.92 Å². The number of ether oxygens (including phenoxy) is 2. The van der Waals surface area contributed by atoms with Crippen molar-refractivity contribution in [3.8, 4) is 34.2 Å². The molecule has 0 saturated heterocycles. The monoisotopic (exact) mass is 539 g/mol. The first-order chi connectivity index (χ1) is 18.2. The van der Waals surface area contributed by atoms with E-state index in [1.54, 1.807) is 18.2 Å². The lowest BCUT2D eigenvalue weighted by Crippen LogP contribution is -2.25. The van der Waals surface area contributed by atoms with Crippen molar-refractivity contribution in [1.29, 1.82) is 0 Å². The highest BCUT2D eigenvalue weighted by Gasteiger charge is 2.31. The van der Waals surface area contributed by atoms with Gasteiger partial charge in [0.15, 0.2) is 4.90 Å². The van der Waals surface area contributed by atoms with Gasteiger partial charge in [0.05, 0.1) is 25.3 Å². The lowest BCUT2D eigenvalue weighted by molar-refractivity contribution is 0.374. The zero-order valence-electron chi connectivity index (χ0n) is 21.0. The number of pyridine rings is 1. The van der Waals surface area contributed by atoms with Crippen LogP contribution in [0.25, 0.3) is 16.8 Å². The molecule has 0 fully saturated rings. The van der Waals surface area contributed by atoms with Crippen molar-refractivity contribution in [2.45, 2.75) is 36.0 Å². The summed E-state index contributed by atoms with van der Waals surface area (Å²) in [6.07, 6.45) is 4.15. The molecule has 38 heavy (non-hydrogen) atoms. The number of methoxy groups -OCH3 is 2. The topological polar surface area (TPSA) is 121 Å². The number of nitrogens with zero attached hydrogens (tertiary/aromatic N) is 3. The first-order valence-corrected chi connectivity index (χ1v) is 13.2. The normalized spacial score (nSPS) is 11.4. The van der Waals surface area contributed by atoms with Crippen molar-refractivity contribution >= 4 is 9.84 Å². The second-order valence-electron chi connectivity index (χ2n) is 8.32. The predicted octanol–water partition coefficient (Wildman–Crippen LogP) is 4.33.